The molecule has 0 aliphatic carbocycles. The van der Waals surface area contributed by atoms with Gasteiger partial charge in [0.25, 0.3) is 0 Å². The molecule has 0 unspecified atom stereocenters. The number of nitrogens with zero attached hydrogens (tertiary/aromatic N) is 3. The summed E-state index contributed by atoms with van der Waals surface area (Å²) in [7, 11) is 0. The molecule has 0 aliphatic rings. The van der Waals surface area contributed by atoms with Crippen molar-refractivity contribution in [1.82, 2.24) is 15.4 Å². The SMILES string of the molecule is N#Cc1n[nH]nc1-c1ccccc1C(F)(F)F. The maximum absolute atomic E-state index is 12.7. The molecule has 7 heteroatoms. The summed E-state index contributed by atoms with van der Waals surface area (Å²) in [5.74, 6) is 0. The smallest absolute Gasteiger partial charge is 0.196 e. The number of rotatable bonds is 1. The normalized spacial score (nSPS) is 11.2. The minimum atomic E-state index is -4.50. The Bertz CT molecular complexity index is 580. The molecule has 0 aliphatic heterocycles. The van der Waals surface area contributed by atoms with Crippen molar-refractivity contribution in [2.45, 2.75) is 6.18 Å². The number of alkyl halides is 3. The van der Waals surface area contributed by atoms with Gasteiger partial charge in [0.1, 0.15) is 11.8 Å². The Morgan fingerprint density at radius 3 is 2.53 bits per heavy atom. The Hall–Kier alpha value is -2.36. The molecule has 0 atom stereocenters. The standard InChI is InChI=1S/C10H5F3N4/c11-10(12,13)7-4-2-1-3-6(7)9-8(5-14)15-17-16-9/h1-4H,(H,15,16,17). The van der Waals surface area contributed by atoms with E-state index in [9.17, 15) is 13.2 Å². The van der Waals surface area contributed by atoms with Gasteiger partial charge in [-0.1, -0.05) is 18.2 Å². The van der Waals surface area contributed by atoms with Crippen molar-refractivity contribution in [2.75, 3.05) is 0 Å². The first-order chi connectivity index (χ1) is 8.04. The second-order valence-electron chi connectivity index (χ2n) is 3.18. The first-order valence-electron chi connectivity index (χ1n) is 4.51. The molecule has 2 aromatic rings. The number of nitrogens with one attached hydrogen (secondary N) is 1. The summed E-state index contributed by atoms with van der Waals surface area (Å²) < 4.78 is 38.2. The molecule has 0 fully saturated rings. The number of aromatic nitrogens is 3. The van der Waals surface area contributed by atoms with Gasteiger partial charge in [0.05, 0.1) is 5.56 Å². The lowest BCUT2D eigenvalue weighted by atomic mass is 10.0. The van der Waals surface area contributed by atoms with Crippen molar-refractivity contribution in [1.29, 1.82) is 5.26 Å². The molecule has 1 N–H and O–H groups in total. The molecule has 2 rings (SSSR count). The molecule has 4 nitrogen and oxygen atoms in total. The van der Waals surface area contributed by atoms with E-state index in [0.717, 1.165) is 6.07 Å². The Morgan fingerprint density at radius 1 is 1.18 bits per heavy atom. The van der Waals surface area contributed by atoms with Crippen LogP contribution in [-0.2, 0) is 6.18 Å². The molecule has 17 heavy (non-hydrogen) atoms. The second kappa shape index (κ2) is 3.90. The number of aromatic amines is 1. The van der Waals surface area contributed by atoms with E-state index in [-0.39, 0.29) is 17.0 Å². The number of benzene rings is 1. The lowest BCUT2D eigenvalue weighted by Crippen LogP contribution is -2.07. The summed E-state index contributed by atoms with van der Waals surface area (Å²) in [6, 6.07) is 6.59. The zero-order valence-electron chi connectivity index (χ0n) is 8.28. The Balaban J connectivity index is 2.65. The Labute approximate surface area is 93.7 Å². The minimum Gasteiger partial charge on any atom is -0.196 e. The fraction of sp³-hybridized carbons (Fsp3) is 0.100. The van der Waals surface area contributed by atoms with Crippen molar-refractivity contribution in [3.05, 3.63) is 35.5 Å². The van der Waals surface area contributed by atoms with Gasteiger partial charge in [0.2, 0.25) is 0 Å². The van der Waals surface area contributed by atoms with Crippen LogP contribution >= 0.6 is 0 Å². The number of halogens is 3. The fourth-order valence-corrected chi connectivity index (χ4v) is 1.43. The molecule has 1 aromatic carbocycles. The maximum Gasteiger partial charge on any atom is 0.417 e. The topological polar surface area (TPSA) is 65.4 Å². The van der Waals surface area contributed by atoms with Crippen molar-refractivity contribution in [2.24, 2.45) is 0 Å². The third kappa shape index (κ3) is 1.97. The van der Waals surface area contributed by atoms with E-state index in [1.165, 1.54) is 18.2 Å². The van der Waals surface area contributed by atoms with Crippen molar-refractivity contribution in [3.63, 3.8) is 0 Å². The Kier molecular flexibility index (Phi) is 2.55. The van der Waals surface area contributed by atoms with Crippen LogP contribution in [0.25, 0.3) is 11.3 Å². The van der Waals surface area contributed by atoms with Crippen LogP contribution in [0.4, 0.5) is 13.2 Å². The van der Waals surface area contributed by atoms with E-state index in [4.69, 9.17) is 5.26 Å². The molecule has 86 valence electrons. The lowest BCUT2D eigenvalue weighted by molar-refractivity contribution is -0.137. The highest BCUT2D eigenvalue weighted by Crippen LogP contribution is 2.36. The third-order valence-electron chi connectivity index (χ3n) is 2.14. The van der Waals surface area contributed by atoms with E-state index in [1.807, 2.05) is 0 Å². The summed E-state index contributed by atoms with van der Waals surface area (Å²) in [5.41, 5.74) is -1.27. The van der Waals surface area contributed by atoms with Crippen LogP contribution < -0.4 is 0 Å². The quantitative estimate of drug-likeness (QED) is 0.829. The van der Waals surface area contributed by atoms with Crippen LogP contribution in [0, 0.1) is 11.3 Å². The van der Waals surface area contributed by atoms with Gasteiger partial charge >= 0.3 is 6.18 Å². The van der Waals surface area contributed by atoms with Crippen LogP contribution in [0.3, 0.4) is 0 Å². The van der Waals surface area contributed by atoms with E-state index in [1.54, 1.807) is 6.07 Å². The lowest BCUT2D eigenvalue weighted by Gasteiger charge is -2.10. The van der Waals surface area contributed by atoms with Gasteiger partial charge in [-0.15, -0.1) is 5.10 Å². The zero-order chi connectivity index (χ0) is 12.5. The van der Waals surface area contributed by atoms with Crippen LogP contribution in [0.15, 0.2) is 24.3 Å². The summed E-state index contributed by atoms with van der Waals surface area (Å²) in [6.45, 7) is 0. The van der Waals surface area contributed by atoms with Gasteiger partial charge in [-0.05, 0) is 6.07 Å². The average Bonchev–Trinajstić information content (AvgIpc) is 2.75. The van der Waals surface area contributed by atoms with Crippen LogP contribution in [0.1, 0.15) is 11.3 Å². The van der Waals surface area contributed by atoms with Gasteiger partial charge in [0, 0.05) is 5.56 Å². The molecule has 0 saturated carbocycles. The Morgan fingerprint density at radius 2 is 1.88 bits per heavy atom. The molecule has 1 heterocycles. The molecule has 1 aromatic heterocycles. The molecule has 0 bridgehead atoms. The molecular weight excluding hydrogens is 233 g/mol. The molecule has 0 radical (unpaired) electrons. The molecule has 0 saturated heterocycles. The zero-order valence-corrected chi connectivity index (χ0v) is 8.28. The van der Waals surface area contributed by atoms with Crippen molar-refractivity contribution >= 4 is 0 Å². The van der Waals surface area contributed by atoms with Crippen LogP contribution in [-0.4, -0.2) is 15.4 Å². The molecule has 0 amide bonds. The summed E-state index contributed by atoms with van der Waals surface area (Å²) in [6.07, 6.45) is -4.50. The number of H-pyrrole nitrogens is 1. The van der Waals surface area contributed by atoms with E-state index >= 15 is 0 Å². The predicted octanol–water partition coefficient (Wildman–Crippen LogP) is 2.36. The number of nitriles is 1. The molecular formula is C10H5F3N4. The summed E-state index contributed by atoms with van der Waals surface area (Å²) >= 11 is 0. The monoisotopic (exact) mass is 238 g/mol. The first-order valence-corrected chi connectivity index (χ1v) is 4.51. The highest BCUT2D eigenvalue weighted by atomic mass is 19.4. The second-order valence-corrected chi connectivity index (χ2v) is 3.18. The summed E-state index contributed by atoms with van der Waals surface area (Å²) in [4.78, 5) is 0. The minimum absolute atomic E-state index is 0.0968. The van der Waals surface area contributed by atoms with Gasteiger partial charge in [-0.25, -0.2) is 0 Å². The number of hydrogen-bond donors (Lipinski definition) is 1. The fourth-order valence-electron chi connectivity index (χ4n) is 1.43. The predicted molar refractivity (Wildman–Crippen MR) is 51.5 cm³/mol. The van der Waals surface area contributed by atoms with Crippen LogP contribution in [0.2, 0.25) is 0 Å². The van der Waals surface area contributed by atoms with E-state index < -0.39 is 11.7 Å². The van der Waals surface area contributed by atoms with Gasteiger partial charge < -0.3 is 0 Å². The van der Waals surface area contributed by atoms with Crippen molar-refractivity contribution < 1.29 is 13.2 Å². The van der Waals surface area contributed by atoms with E-state index in [2.05, 4.69) is 15.4 Å². The average molecular weight is 238 g/mol. The molecule has 0 spiro atoms. The van der Waals surface area contributed by atoms with Gasteiger partial charge in [0.15, 0.2) is 5.69 Å². The largest absolute Gasteiger partial charge is 0.417 e. The first kappa shape index (κ1) is 11.1. The summed E-state index contributed by atoms with van der Waals surface area (Å²) in [5, 5.41) is 17.9. The van der Waals surface area contributed by atoms with Gasteiger partial charge in [-0.2, -0.15) is 28.7 Å². The van der Waals surface area contributed by atoms with Crippen molar-refractivity contribution in [3.8, 4) is 17.3 Å². The van der Waals surface area contributed by atoms with Crippen LogP contribution in [0.5, 0.6) is 0 Å². The highest BCUT2D eigenvalue weighted by Gasteiger charge is 2.34. The maximum atomic E-state index is 12.7. The van der Waals surface area contributed by atoms with Gasteiger partial charge in [-0.3, -0.25) is 0 Å². The third-order valence-corrected chi connectivity index (χ3v) is 2.14. The number of hydrogen-bond acceptors (Lipinski definition) is 3. The highest BCUT2D eigenvalue weighted by molar-refractivity contribution is 5.68. The van der Waals surface area contributed by atoms with E-state index in [0.29, 0.717) is 0 Å².